The minimum atomic E-state index is -1.94. The van der Waals surface area contributed by atoms with Crippen molar-refractivity contribution in [1.29, 1.82) is 0 Å². The van der Waals surface area contributed by atoms with Crippen molar-refractivity contribution in [3.63, 3.8) is 0 Å². The Morgan fingerprint density at radius 3 is 2.76 bits per heavy atom. The van der Waals surface area contributed by atoms with Crippen LogP contribution in [0.15, 0.2) is 41.2 Å². The second-order valence-corrected chi connectivity index (χ2v) is 10.9. The van der Waals surface area contributed by atoms with Gasteiger partial charge in [-0.3, -0.25) is 14.0 Å². The van der Waals surface area contributed by atoms with Crippen LogP contribution < -0.4 is 0 Å². The summed E-state index contributed by atoms with van der Waals surface area (Å²) in [7, 11) is -0.109. The number of allylic oxidation sites excluding steroid dienone is 2. The third-order valence-electron chi connectivity index (χ3n) is 4.56. The molecule has 0 radical (unpaired) electrons. The fraction of sp³-hybridized carbons (Fsp3) is 0.421. The maximum absolute atomic E-state index is 13.0. The number of nitrogens with zero attached hydrogens (tertiary/aromatic N) is 2. The van der Waals surface area contributed by atoms with Gasteiger partial charge in [0.25, 0.3) is 0 Å². The van der Waals surface area contributed by atoms with E-state index >= 15 is 0 Å². The largest absolute Gasteiger partial charge is 0.309 e. The number of aromatic nitrogens is 1. The van der Waals surface area contributed by atoms with E-state index in [1.807, 2.05) is 32.3 Å². The van der Waals surface area contributed by atoms with E-state index in [9.17, 15) is 9.00 Å². The molecule has 3 heterocycles. The predicted octanol–water partition coefficient (Wildman–Crippen LogP) is 3.38. The summed E-state index contributed by atoms with van der Waals surface area (Å²) in [5.41, 5.74) is 1.65. The van der Waals surface area contributed by atoms with E-state index in [-0.39, 0.29) is 5.91 Å². The van der Waals surface area contributed by atoms with Gasteiger partial charge in [-0.1, -0.05) is 23.9 Å². The van der Waals surface area contributed by atoms with Gasteiger partial charge in [-0.25, -0.2) is 0 Å². The van der Waals surface area contributed by atoms with Crippen molar-refractivity contribution in [2.45, 2.75) is 26.7 Å². The lowest BCUT2D eigenvalue weighted by atomic mass is 9.93. The molecular weight excluding hydrogens is 352 g/mol. The molecule has 0 aromatic carbocycles. The van der Waals surface area contributed by atoms with E-state index in [0.29, 0.717) is 5.75 Å². The Kier molecular flexibility index (Phi) is 4.86. The first-order chi connectivity index (χ1) is 11.7. The fourth-order valence-corrected chi connectivity index (χ4v) is 7.12. The quantitative estimate of drug-likeness (QED) is 0.759. The summed E-state index contributed by atoms with van der Waals surface area (Å²) in [6, 6.07) is 3.97. The Balaban J connectivity index is 1.87. The second-order valence-electron chi connectivity index (χ2n) is 7.15. The van der Waals surface area contributed by atoms with Crippen LogP contribution in [-0.4, -0.2) is 44.4 Å². The summed E-state index contributed by atoms with van der Waals surface area (Å²) >= 11 is 1.62. The Morgan fingerprint density at radius 1 is 1.44 bits per heavy atom. The van der Waals surface area contributed by atoms with Crippen molar-refractivity contribution in [3.05, 3.63) is 46.8 Å². The van der Waals surface area contributed by atoms with Crippen LogP contribution in [0.5, 0.6) is 0 Å². The zero-order valence-electron chi connectivity index (χ0n) is 15.1. The van der Waals surface area contributed by atoms with Crippen molar-refractivity contribution in [3.8, 4) is 0 Å². The number of hydrogen-bond donors (Lipinski definition) is 0. The Morgan fingerprint density at radius 2 is 2.16 bits per heavy atom. The van der Waals surface area contributed by atoms with E-state index in [1.165, 1.54) is 5.57 Å². The molecule has 0 N–H and O–H groups in total. The Hall–Kier alpha value is -1.53. The first-order valence-corrected chi connectivity index (χ1v) is 11.3. The van der Waals surface area contributed by atoms with Crippen LogP contribution in [0.1, 0.15) is 32.3 Å². The first-order valence-electron chi connectivity index (χ1n) is 8.31. The number of rotatable bonds is 3. The lowest BCUT2D eigenvalue weighted by molar-refractivity contribution is -0.133. The molecule has 134 valence electrons. The first kappa shape index (κ1) is 18.3. The number of pyridine rings is 1. The van der Waals surface area contributed by atoms with Gasteiger partial charge in [0.15, 0.2) is 0 Å². The maximum atomic E-state index is 13.0. The van der Waals surface area contributed by atoms with Crippen LogP contribution >= 0.6 is 11.8 Å². The van der Waals surface area contributed by atoms with Crippen molar-refractivity contribution < 1.29 is 9.00 Å². The molecule has 0 saturated carbocycles. The molecular formula is C19H24N2O2S2. The molecule has 1 aromatic rings. The second kappa shape index (κ2) is 6.65. The van der Waals surface area contributed by atoms with Crippen LogP contribution in [0.4, 0.5) is 0 Å². The fourth-order valence-electron chi connectivity index (χ4n) is 3.51. The number of amides is 1. The topological polar surface area (TPSA) is 50.3 Å². The standard InChI is InChI=1S/C19H24N2O2S2/c1-14-7-5-9-16(15-8-6-10-20-11-15)24-17(14)21(3)18(22)19(2)12-25(4,23)13-19/h6,8-12H,5,7,13H2,1-4H3. The Labute approximate surface area is 154 Å². The van der Waals surface area contributed by atoms with E-state index in [4.69, 9.17) is 0 Å². The molecule has 25 heavy (non-hydrogen) atoms. The lowest BCUT2D eigenvalue weighted by Gasteiger charge is -2.38. The molecule has 2 aliphatic rings. The molecule has 1 amide bonds. The number of hydrogen-bond acceptors (Lipinski definition) is 4. The lowest BCUT2D eigenvalue weighted by Crippen LogP contribution is -2.52. The van der Waals surface area contributed by atoms with Crippen molar-refractivity contribution in [1.82, 2.24) is 9.88 Å². The van der Waals surface area contributed by atoms with Crippen molar-refractivity contribution in [2.24, 2.45) is 5.41 Å². The molecule has 2 aliphatic heterocycles. The summed E-state index contributed by atoms with van der Waals surface area (Å²) in [6.07, 6.45) is 9.42. The highest BCUT2D eigenvalue weighted by molar-refractivity contribution is 8.11. The number of carbonyl (C=O) groups is 1. The number of thioether (sulfide) groups is 1. The normalized spacial score (nSPS) is 29.2. The van der Waals surface area contributed by atoms with Gasteiger partial charge in [-0.05, 0) is 53.2 Å². The highest BCUT2D eigenvalue weighted by atomic mass is 32.2. The minimum absolute atomic E-state index is 0.0163. The van der Waals surface area contributed by atoms with Crippen LogP contribution in [0.2, 0.25) is 0 Å². The summed E-state index contributed by atoms with van der Waals surface area (Å²) in [4.78, 5) is 20.1. The van der Waals surface area contributed by atoms with Crippen LogP contribution in [0.25, 0.3) is 4.91 Å². The molecule has 0 bridgehead atoms. The smallest absolute Gasteiger partial charge is 0.238 e. The molecule has 4 nitrogen and oxygen atoms in total. The van der Waals surface area contributed by atoms with Crippen LogP contribution in [0, 0.1) is 5.41 Å². The summed E-state index contributed by atoms with van der Waals surface area (Å²) in [5, 5.41) is 2.70. The molecule has 3 rings (SSSR count). The predicted molar refractivity (Wildman–Crippen MR) is 108 cm³/mol. The molecule has 0 aliphatic carbocycles. The van der Waals surface area contributed by atoms with Gasteiger partial charge in [-0.2, -0.15) is 0 Å². The van der Waals surface area contributed by atoms with Crippen LogP contribution in [-0.2, 0) is 14.3 Å². The maximum Gasteiger partial charge on any atom is 0.238 e. The molecule has 1 aromatic heterocycles. The molecule has 2 unspecified atom stereocenters. The van der Waals surface area contributed by atoms with Gasteiger partial charge in [0.1, 0.15) is 0 Å². The van der Waals surface area contributed by atoms with Crippen molar-refractivity contribution in [2.75, 3.05) is 19.1 Å². The van der Waals surface area contributed by atoms with Gasteiger partial charge in [0.05, 0.1) is 10.4 Å². The third-order valence-corrected chi connectivity index (χ3v) is 8.19. The van der Waals surface area contributed by atoms with Crippen molar-refractivity contribution >= 4 is 37.5 Å². The molecule has 6 heteroatoms. The summed E-state index contributed by atoms with van der Waals surface area (Å²) in [5.74, 6) is 0.452. The molecule has 2 atom stereocenters. The van der Waals surface area contributed by atoms with E-state index < -0.39 is 14.9 Å². The SMILES string of the molecule is CC1=C(N(C)C(=O)C2(C)C=S(C)(=O)C2)SC(c2cccnc2)=CCC1. The number of carbonyl (C=O) groups excluding carboxylic acids is 1. The van der Waals surface area contributed by atoms with Gasteiger partial charge >= 0.3 is 0 Å². The van der Waals surface area contributed by atoms with Crippen LogP contribution in [0.3, 0.4) is 0 Å². The molecule has 0 fully saturated rings. The zero-order chi connectivity index (χ0) is 18.2. The van der Waals surface area contributed by atoms with Gasteiger partial charge in [-0.15, -0.1) is 0 Å². The summed E-state index contributed by atoms with van der Waals surface area (Å²) < 4.78 is 12.1. The highest BCUT2D eigenvalue weighted by Gasteiger charge is 2.44. The highest BCUT2D eigenvalue weighted by Crippen LogP contribution is 2.42. The van der Waals surface area contributed by atoms with E-state index in [1.54, 1.807) is 34.5 Å². The third kappa shape index (κ3) is 3.70. The average molecular weight is 377 g/mol. The molecule has 0 spiro atoms. The van der Waals surface area contributed by atoms with Gasteiger partial charge in [0.2, 0.25) is 5.91 Å². The monoisotopic (exact) mass is 376 g/mol. The van der Waals surface area contributed by atoms with Gasteiger partial charge < -0.3 is 4.90 Å². The van der Waals surface area contributed by atoms with Gasteiger partial charge in [0, 0.05) is 41.9 Å². The molecule has 0 saturated heterocycles. The summed E-state index contributed by atoms with van der Waals surface area (Å²) in [6.45, 7) is 3.97. The minimum Gasteiger partial charge on any atom is -0.309 e. The van der Waals surface area contributed by atoms with E-state index in [0.717, 1.165) is 28.3 Å². The Bertz CT molecular complexity index is 880. The van der Waals surface area contributed by atoms with E-state index in [2.05, 4.69) is 18.0 Å². The average Bonchev–Trinajstić information content (AvgIpc) is 2.74. The zero-order valence-corrected chi connectivity index (χ0v) is 16.7.